The molecule has 2 aromatic rings. The van der Waals surface area contributed by atoms with Crippen molar-refractivity contribution in [3.63, 3.8) is 0 Å². The first kappa shape index (κ1) is 19.5. The van der Waals surface area contributed by atoms with Gasteiger partial charge in [0.15, 0.2) is 6.04 Å². The van der Waals surface area contributed by atoms with Crippen LogP contribution < -0.4 is 0 Å². The summed E-state index contributed by atoms with van der Waals surface area (Å²) in [6.07, 6.45) is 0.158. The molecule has 0 saturated heterocycles. The number of fused-ring (bicyclic) bond motifs is 1. The van der Waals surface area contributed by atoms with Crippen molar-refractivity contribution in [3.8, 4) is 0 Å². The highest BCUT2D eigenvalue weighted by Gasteiger charge is 2.43. The van der Waals surface area contributed by atoms with Gasteiger partial charge in [-0.05, 0) is 29.7 Å². The van der Waals surface area contributed by atoms with Crippen LogP contribution in [-0.2, 0) is 30.8 Å². The van der Waals surface area contributed by atoms with Crippen LogP contribution in [0.25, 0.3) is 0 Å². The second-order valence-corrected chi connectivity index (χ2v) is 7.89. The molecule has 1 aliphatic heterocycles. The van der Waals surface area contributed by atoms with E-state index in [1.165, 1.54) is 0 Å². The second kappa shape index (κ2) is 7.39. The Morgan fingerprint density at radius 3 is 2.39 bits per heavy atom. The monoisotopic (exact) mass is 404 g/mol. The van der Waals surface area contributed by atoms with Gasteiger partial charge in [0.1, 0.15) is 0 Å². The van der Waals surface area contributed by atoms with E-state index >= 15 is 0 Å². The molecule has 146 valence electrons. The van der Waals surface area contributed by atoms with Crippen LogP contribution in [0.4, 0.5) is 5.69 Å². The Bertz CT molecular complexity index is 1050. The zero-order chi connectivity index (χ0) is 20.5. The molecule has 3 rings (SSSR count). The molecule has 0 aromatic heterocycles. The van der Waals surface area contributed by atoms with Crippen molar-refractivity contribution in [2.24, 2.45) is 0 Å². The minimum atomic E-state index is -4.46. The maximum Gasteiger partial charge on any atom is 0.334 e. The first-order valence-corrected chi connectivity index (χ1v) is 9.68. The van der Waals surface area contributed by atoms with Crippen LogP contribution in [0.3, 0.4) is 0 Å². The van der Waals surface area contributed by atoms with Crippen molar-refractivity contribution >= 4 is 27.6 Å². The quantitative estimate of drug-likeness (QED) is 0.433. The third-order valence-corrected chi connectivity index (χ3v) is 6.27. The first-order chi connectivity index (χ1) is 13.3. The maximum atomic E-state index is 13.2. The normalized spacial score (nSPS) is 16.8. The predicted molar refractivity (Wildman–Crippen MR) is 96.6 cm³/mol. The van der Waals surface area contributed by atoms with Crippen molar-refractivity contribution in [3.05, 3.63) is 69.8 Å². The number of non-ortho nitro benzene ring substituents is 1. The van der Waals surface area contributed by atoms with Gasteiger partial charge < -0.3 is 4.74 Å². The third kappa shape index (κ3) is 3.33. The van der Waals surface area contributed by atoms with Gasteiger partial charge in [-0.15, -0.1) is 0 Å². The number of ether oxygens (including phenoxy) is 1. The number of methoxy groups -OCH3 is 1. The minimum absolute atomic E-state index is 0.114. The number of nitrogens with zero attached hydrogens (tertiary/aromatic N) is 2. The smallest absolute Gasteiger partial charge is 0.334 e. The summed E-state index contributed by atoms with van der Waals surface area (Å²) >= 11 is 0. The summed E-state index contributed by atoms with van der Waals surface area (Å²) < 4.78 is 31.7. The number of benzene rings is 2. The molecule has 1 heterocycles. The highest BCUT2D eigenvalue weighted by molar-refractivity contribution is 7.89. The van der Waals surface area contributed by atoms with Gasteiger partial charge in [-0.2, -0.15) is 0 Å². The van der Waals surface area contributed by atoms with Crippen LogP contribution in [-0.4, -0.2) is 36.6 Å². The molecular formula is C18H16N2O7S. The number of nitro groups is 1. The Labute approximate surface area is 160 Å². The summed E-state index contributed by atoms with van der Waals surface area (Å²) in [5.41, 5.74) is 0.745. The van der Waals surface area contributed by atoms with E-state index in [4.69, 9.17) is 4.74 Å². The lowest BCUT2D eigenvalue weighted by Gasteiger charge is -2.28. The number of aryl methyl sites for hydroxylation is 1. The number of nitro benzene ring substituents is 1. The van der Waals surface area contributed by atoms with Gasteiger partial charge in [-0.3, -0.25) is 14.9 Å². The van der Waals surface area contributed by atoms with E-state index in [2.05, 4.69) is 0 Å². The summed E-state index contributed by atoms with van der Waals surface area (Å²) in [5, 5.41) is 10.8. The fraction of sp³-hybridized carbons (Fsp3) is 0.222. The van der Waals surface area contributed by atoms with E-state index in [-0.39, 0.29) is 23.4 Å². The summed E-state index contributed by atoms with van der Waals surface area (Å²) in [4.78, 5) is 35.0. The molecule has 0 spiro atoms. The topological polar surface area (TPSA) is 124 Å². The van der Waals surface area contributed by atoms with Gasteiger partial charge in [0, 0.05) is 18.6 Å². The van der Waals surface area contributed by atoms with Crippen LogP contribution in [0.2, 0.25) is 0 Å². The van der Waals surface area contributed by atoms with Gasteiger partial charge >= 0.3 is 5.97 Å². The average Bonchev–Trinajstić information content (AvgIpc) is 2.84. The van der Waals surface area contributed by atoms with Crippen LogP contribution in [0.5, 0.6) is 0 Å². The Kier molecular flexibility index (Phi) is 5.14. The number of carbonyl (C=O) groups excluding carboxylic acids is 2. The van der Waals surface area contributed by atoms with Crippen LogP contribution in [0, 0.1) is 10.1 Å². The molecule has 0 N–H and O–H groups in total. The second-order valence-electron chi connectivity index (χ2n) is 6.07. The Morgan fingerprint density at radius 1 is 1.14 bits per heavy atom. The molecule has 0 bridgehead atoms. The van der Waals surface area contributed by atoms with Crippen molar-refractivity contribution < 1.29 is 27.7 Å². The first-order valence-electron chi connectivity index (χ1n) is 8.24. The standard InChI is InChI=1S/C18H16N2O7S/c1-27-18(22)17-15-5-3-2-4-12(15)6-11-16(21)19(17)28(25,26)14-9-7-13(8-10-14)20(23)24/h2-5,7-10,17H,6,11H2,1H3. The van der Waals surface area contributed by atoms with Gasteiger partial charge in [0.2, 0.25) is 5.91 Å². The number of amides is 1. The number of sulfonamides is 1. The number of hydrogen-bond donors (Lipinski definition) is 0. The highest BCUT2D eigenvalue weighted by Crippen LogP contribution is 2.35. The molecule has 0 radical (unpaired) electrons. The average molecular weight is 404 g/mol. The summed E-state index contributed by atoms with van der Waals surface area (Å²) in [6, 6.07) is 9.31. The molecular weight excluding hydrogens is 388 g/mol. The van der Waals surface area contributed by atoms with Crippen molar-refractivity contribution in [1.29, 1.82) is 0 Å². The van der Waals surface area contributed by atoms with Crippen LogP contribution in [0.1, 0.15) is 23.6 Å². The van der Waals surface area contributed by atoms with Crippen molar-refractivity contribution in [2.45, 2.75) is 23.8 Å². The largest absolute Gasteiger partial charge is 0.467 e. The minimum Gasteiger partial charge on any atom is -0.467 e. The van der Waals surface area contributed by atoms with Gasteiger partial charge in [0.25, 0.3) is 15.7 Å². The van der Waals surface area contributed by atoms with E-state index in [0.717, 1.165) is 31.4 Å². The Balaban J connectivity index is 2.16. The molecule has 1 aliphatic rings. The van der Waals surface area contributed by atoms with E-state index in [0.29, 0.717) is 15.4 Å². The predicted octanol–water partition coefficient (Wildman–Crippen LogP) is 1.97. The van der Waals surface area contributed by atoms with Gasteiger partial charge in [0.05, 0.1) is 16.9 Å². The molecule has 28 heavy (non-hydrogen) atoms. The summed E-state index contributed by atoms with van der Waals surface area (Å²) in [6.45, 7) is 0. The lowest BCUT2D eigenvalue weighted by atomic mass is 9.99. The molecule has 2 aromatic carbocycles. The fourth-order valence-corrected chi connectivity index (χ4v) is 4.65. The van der Waals surface area contributed by atoms with Gasteiger partial charge in [-0.25, -0.2) is 17.5 Å². The lowest BCUT2D eigenvalue weighted by molar-refractivity contribution is -0.384. The Morgan fingerprint density at radius 2 is 1.79 bits per heavy atom. The van der Waals surface area contributed by atoms with E-state index in [9.17, 15) is 28.1 Å². The SMILES string of the molecule is COC(=O)C1c2ccccc2CCC(=O)N1S(=O)(=O)c1ccc([N+](=O)[O-])cc1. The number of hydrogen-bond acceptors (Lipinski definition) is 7. The van der Waals surface area contributed by atoms with Crippen LogP contribution in [0.15, 0.2) is 53.4 Å². The zero-order valence-electron chi connectivity index (χ0n) is 14.8. The number of rotatable bonds is 4. The van der Waals surface area contributed by atoms with E-state index in [1.807, 2.05) is 0 Å². The molecule has 1 amide bonds. The molecule has 0 fully saturated rings. The van der Waals surface area contributed by atoms with Gasteiger partial charge in [-0.1, -0.05) is 24.3 Å². The molecule has 9 nitrogen and oxygen atoms in total. The van der Waals surface area contributed by atoms with E-state index < -0.39 is 32.9 Å². The number of esters is 1. The molecule has 10 heteroatoms. The fourth-order valence-electron chi connectivity index (χ4n) is 3.11. The molecule has 1 atom stereocenters. The summed E-state index contributed by atoms with van der Waals surface area (Å²) in [7, 11) is -3.36. The Hall–Kier alpha value is -3.27. The number of carbonyl (C=O) groups is 2. The van der Waals surface area contributed by atoms with Crippen LogP contribution >= 0.6 is 0 Å². The highest BCUT2D eigenvalue weighted by atomic mass is 32.2. The van der Waals surface area contributed by atoms with E-state index in [1.54, 1.807) is 24.3 Å². The lowest BCUT2D eigenvalue weighted by Crippen LogP contribution is -2.42. The molecule has 0 aliphatic carbocycles. The zero-order valence-corrected chi connectivity index (χ0v) is 15.6. The summed E-state index contributed by atoms with van der Waals surface area (Å²) in [5.74, 6) is -1.65. The third-order valence-electron chi connectivity index (χ3n) is 4.47. The van der Waals surface area contributed by atoms with Crippen molar-refractivity contribution in [2.75, 3.05) is 7.11 Å². The molecule has 0 saturated carbocycles. The maximum absolute atomic E-state index is 13.2. The van der Waals surface area contributed by atoms with Crippen molar-refractivity contribution in [1.82, 2.24) is 4.31 Å². The molecule has 1 unspecified atom stereocenters.